The van der Waals surface area contributed by atoms with Crippen LogP contribution in [0, 0.1) is 0 Å². The lowest BCUT2D eigenvalue weighted by Crippen LogP contribution is -2.39. The average molecular weight is 185 g/mol. The summed E-state index contributed by atoms with van der Waals surface area (Å²) in [7, 11) is 0. The van der Waals surface area contributed by atoms with Crippen molar-refractivity contribution in [2.24, 2.45) is 0 Å². The van der Waals surface area contributed by atoms with Gasteiger partial charge in [0.2, 0.25) is 0 Å². The van der Waals surface area contributed by atoms with Crippen molar-refractivity contribution in [3.8, 4) is 0 Å². The molecule has 2 nitrogen and oxygen atoms in total. The topological polar surface area (TPSA) is 21.3 Å². The highest BCUT2D eigenvalue weighted by molar-refractivity contribution is 4.79. The molecular weight excluding hydrogens is 162 g/mol. The molecule has 1 heterocycles. The Morgan fingerprint density at radius 2 is 2.31 bits per heavy atom. The van der Waals surface area contributed by atoms with Crippen molar-refractivity contribution in [2.75, 3.05) is 13.2 Å². The Kier molecular flexibility index (Phi) is 5.40. The Labute approximate surface area is 82.0 Å². The van der Waals surface area contributed by atoms with Crippen molar-refractivity contribution in [3.05, 3.63) is 0 Å². The molecule has 0 amide bonds. The zero-order valence-electron chi connectivity index (χ0n) is 9.01. The third-order valence-electron chi connectivity index (χ3n) is 2.75. The number of nitrogens with one attached hydrogen (secondary N) is 1. The van der Waals surface area contributed by atoms with Gasteiger partial charge in [-0.25, -0.2) is 0 Å². The van der Waals surface area contributed by atoms with E-state index in [2.05, 4.69) is 19.2 Å². The van der Waals surface area contributed by atoms with Crippen molar-refractivity contribution in [3.63, 3.8) is 0 Å². The van der Waals surface area contributed by atoms with E-state index in [9.17, 15) is 0 Å². The van der Waals surface area contributed by atoms with E-state index in [0.29, 0.717) is 12.1 Å². The third-order valence-corrected chi connectivity index (χ3v) is 2.75. The molecule has 0 aromatic heterocycles. The van der Waals surface area contributed by atoms with Crippen molar-refractivity contribution >= 4 is 0 Å². The van der Waals surface area contributed by atoms with Gasteiger partial charge in [0.1, 0.15) is 0 Å². The fraction of sp³-hybridized carbons (Fsp3) is 1.00. The molecule has 0 bridgehead atoms. The Bertz CT molecular complexity index is 121. The number of rotatable bonds is 6. The minimum Gasteiger partial charge on any atom is -0.377 e. The molecule has 1 rings (SSSR count). The molecule has 1 aliphatic rings. The van der Waals surface area contributed by atoms with Crippen molar-refractivity contribution in [1.29, 1.82) is 0 Å². The highest BCUT2D eigenvalue weighted by Gasteiger charge is 2.24. The van der Waals surface area contributed by atoms with Gasteiger partial charge in [-0.05, 0) is 25.8 Å². The maximum Gasteiger partial charge on any atom is 0.0728 e. The Hall–Kier alpha value is -0.0800. The van der Waals surface area contributed by atoms with Crippen LogP contribution in [-0.2, 0) is 4.74 Å². The summed E-state index contributed by atoms with van der Waals surface area (Å²) in [5, 5.41) is 3.53. The molecule has 2 heteroatoms. The second-order valence-electron chi connectivity index (χ2n) is 3.86. The van der Waals surface area contributed by atoms with Crippen LogP contribution in [0.2, 0.25) is 0 Å². The summed E-state index contributed by atoms with van der Waals surface area (Å²) >= 11 is 0. The maximum absolute atomic E-state index is 5.70. The minimum atomic E-state index is 0.492. The van der Waals surface area contributed by atoms with Crippen LogP contribution >= 0.6 is 0 Å². The molecule has 0 aromatic carbocycles. The molecule has 1 N–H and O–H groups in total. The Balaban J connectivity index is 2.26. The van der Waals surface area contributed by atoms with Gasteiger partial charge in [0, 0.05) is 12.6 Å². The summed E-state index contributed by atoms with van der Waals surface area (Å²) in [6.45, 7) is 6.46. The van der Waals surface area contributed by atoms with Gasteiger partial charge in [0.05, 0.1) is 6.10 Å². The Morgan fingerprint density at radius 1 is 1.46 bits per heavy atom. The van der Waals surface area contributed by atoms with Gasteiger partial charge in [0.25, 0.3) is 0 Å². The van der Waals surface area contributed by atoms with E-state index in [1.165, 1.54) is 32.1 Å². The molecule has 0 radical (unpaired) electrons. The molecule has 0 aliphatic carbocycles. The normalized spacial score (nSPS) is 24.9. The number of unbranched alkanes of at least 4 members (excludes halogenated alkanes) is 1. The van der Waals surface area contributed by atoms with E-state index in [1.54, 1.807) is 0 Å². The first-order valence-electron chi connectivity index (χ1n) is 5.73. The van der Waals surface area contributed by atoms with Gasteiger partial charge in [-0.2, -0.15) is 0 Å². The van der Waals surface area contributed by atoms with Crippen LogP contribution < -0.4 is 5.32 Å². The minimum absolute atomic E-state index is 0.492. The van der Waals surface area contributed by atoms with Crippen molar-refractivity contribution in [2.45, 2.75) is 58.1 Å². The van der Waals surface area contributed by atoms with Crippen LogP contribution in [-0.4, -0.2) is 25.3 Å². The molecule has 0 aromatic rings. The second kappa shape index (κ2) is 6.39. The predicted molar refractivity (Wildman–Crippen MR) is 56.0 cm³/mol. The molecule has 13 heavy (non-hydrogen) atoms. The first kappa shape index (κ1) is 11.0. The lowest BCUT2D eigenvalue weighted by atomic mass is 10.0. The maximum atomic E-state index is 5.70. The molecule has 2 atom stereocenters. The first-order valence-corrected chi connectivity index (χ1v) is 5.73. The standard InChI is InChI=1S/C11H23NO/c1-3-5-7-10(12-4-2)11-8-6-9-13-11/h10-12H,3-9H2,1-2H3. The van der Waals surface area contributed by atoms with E-state index < -0.39 is 0 Å². The van der Waals surface area contributed by atoms with E-state index in [4.69, 9.17) is 4.74 Å². The van der Waals surface area contributed by atoms with Crippen LogP contribution in [0.15, 0.2) is 0 Å². The number of hydrogen-bond donors (Lipinski definition) is 1. The van der Waals surface area contributed by atoms with Crippen LogP contribution in [0.25, 0.3) is 0 Å². The lowest BCUT2D eigenvalue weighted by Gasteiger charge is -2.23. The zero-order valence-corrected chi connectivity index (χ0v) is 9.01. The van der Waals surface area contributed by atoms with Gasteiger partial charge in [-0.15, -0.1) is 0 Å². The fourth-order valence-electron chi connectivity index (χ4n) is 2.03. The quantitative estimate of drug-likeness (QED) is 0.686. The molecular formula is C11H23NO. The summed E-state index contributed by atoms with van der Waals surface area (Å²) in [5.74, 6) is 0. The largest absolute Gasteiger partial charge is 0.377 e. The van der Waals surface area contributed by atoms with Crippen LogP contribution in [0.3, 0.4) is 0 Å². The predicted octanol–water partition coefficient (Wildman–Crippen LogP) is 2.33. The summed E-state index contributed by atoms with van der Waals surface area (Å²) in [4.78, 5) is 0. The van der Waals surface area contributed by atoms with Crippen LogP contribution in [0.4, 0.5) is 0 Å². The molecule has 1 saturated heterocycles. The third kappa shape index (κ3) is 3.65. The SMILES string of the molecule is CCCCC(NCC)C1CCCO1. The molecule has 1 fully saturated rings. The van der Waals surface area contributed by atoms with Gasteiger partial charge in [-0.1, -0.05) is 26.7 Å². The molecule has 0 saturated carbocycles. The van der Waals surface area contributed by atoms with Gasteiger partial charge >= 0.3 is 0 Å². The highest BCUT2D eigenvalue weighted by atomic mass is 16.5. The molecule has 0 spiro atoms. The second-order valence-corrected chi connectivity index (χ2v) is 3.86. The lowest BCUT2D eigenvalue weighted by molar-refractivity contribution is 0.0754. The summed E-state index contributed by atoms with van der Waals surface area (Å²) in [6.07, 6.45) is 6.87. The van der Waals surface area contributed by atoms with Gasteiger partial charge in [0.15, 0.2) is 0 Å². The summed E-state index contributed by atoms with van der Waals surface area (Å²) < 4.78 is 5.70. The Morgan fingerprint density at radius 3 is 2.85 bits per heavy atom. The number of likely N-dealkylation sites (N-methyl/N-ethyl adjacent to an activating group) is 1. The molecule has 1 aliphatic heterocycles. The average Bonchev–Trinajstić information content (AvgIpc) is 2.65. The molecule has 2 unspecified atom stereocenters. The van der Waals surface area contributed by atoms with E-state index in [1.807, 2.05) is 0 Å². The number of hydrogen-bond acceptors (Lipinski definition) is 2. The van der Waals surface area contributed by atoms with Gasteiger partial charge in [-0.3, -0.25) is 0 Å². The van der Waals surface area contributed by atoms with Crippen molar-refractivity contribution < 1.29 is 4.74 Å². The van der Waals surface area contributed by atoms with E-state index in [0.717, 1.165) is 13.2 Å². The summed E-state index contributed by atoms with van der Waals surface area (Å²) in [5.41, 5.74) is 0. The van der Waals surface area contributed by atoms with Gasteiger partial charge < -0.3 is 10.1 Å². The first-order chi connectivity index (χ1) is 6.38. The van der Waals surface area contributed by atoms with Crippen LogP contribution in [0.1, 0.15) is 46.0 Å². The summed E-state index contributed by atoms with van der Waals surface area (Å²) in [6, 6.07) is 0.604. The zero-order chi connectivity index (χ0) is 9.52. The highest BCUT2D eigenvalue weighted by Crippen LogP contribution is 2.18. The smallest absolute Gasteiger partial charge is 0.0728 e. The fourth-order valence-corrected chi connectivity index (χ4v) is 2.03. The number of ether oxygens (including phenoxy) is 1. The monoisotopic (exact) mass is 185 g/mol. The van der Waals surface area contributed by atoms with E-state index >= 15 is 0 Å². The van der Waals surface area contributed by atoms with Crippen molar-refractivity contribution in [1.82, 2.24) is 5.32 Å². The van der Waals surface area contributed by atoms with Crippen LogP contribution in [0.5, 0.6) is 0 Å². The van der Waals surface area contributed by atoms with E-state index in [-0.39, 0.29) is 0 Å². The molecule has 78 valence electrons.